The standard InChI is InChI=1S/C15H10N2O2S/c18-17(19)12-7-8-14-13(10-12)16-15(20-14)9-6-11-4-2-1-3-5-11/h1-10H. The van der Waals surface area contributed by atoms with Crippen molar-refractivity contribution in [3.63, 3.8) is 0 Å². The predicted molar refractivity (Wildman–Crippen MR) is 81.6 cm³/mol. The molecular weight excluding hydrogens is 272 g/mol. The minimum absolute atomic E-state index is 0.0707. The Kier molecular flexibility index (Phi) is 3.26. The first-order valence-corrected chi connectivity index (χ1v) is 6.82. The van der Waals surface area contributed by atoms with Crippen molar-refractivity contribution in [2.45, 2.75) is 0 Å². The van der Waals surface area contributed by atoms with Gasteiger partial charge < -0.3 is 0 Å². The summed E-state index contributed by atoms with van der Waals surface area (Å²) in [5, 5.41) is 11.6. The van der Waals surface area contributed by atoms with E-state index in [1.165, 1.54) is 23.5 Å². The van der Waals surface area contributed by atoms with Gasteiger partial charge >= 0.3 is 0 Å². The molecule has 3 aromatic rings. The summed E-state index contributed by atoms with van der Waals surface area (Å²) in [4.78, 5) is 14.7. The quantitative estimate of drug-likeness (QED) is 0.529. The number of fused-ring (bicyclic) bond motifs is 1. The van der Waals surface area contributed by atoms with Crippen molar-refractivity contribution < 1.29 is 4.92 Å². The molecule has 0 aliphatic heterocycles. The molecule has 0 saturated carbocycles. The molecule has 98 valence electrons. The molecule has 2 aromatic carbocycles. The molecule has 0 aliphatic rings. The van der Waals surface area contributed by atoms with Crippen LogP contribution in [0.5, 0.6) is 0 Å². The maximum Gasteiger partial charge on any atom is 0.271 e. The molecule has 1 heterocycles. The van der Waals surface area contributed by atoms with E-state index in [0.29, 0.717) is 5.52 Å². The van der Waals surface area contributed by atoms with Crippen molar-refractivity contribution in [1.29, 1.82) is 0 Å². The lowest BCUT2D eigenvalue weighted by Crippen LogP contribution is -1.86. The van der Waals surface area contributed by atoms with Crippen LogP contribution < -0.4 is 0 Å². The third kappa shape index (κ3) is 2.57. The smallest absolute Gasteiger partial charge is 0.258 e. The Hall–Kier alpha value is -2.53. The molecule has 0 amide bonds. The van der Waals surface area contributed by atoms with E-state index in [2.05, 4.69) is 4.98 Å². The highest BCUT2D eigenvalue weighted by atomic mass is 32.1. The highest BCUT2D eigenvalue weighted by Crippen LogP contribution is 2.26. The molecule has 0 atom stereocenters. The minimum atomic E-state index is -0.404. The summed E-state index contributed by atoms with van der Waals surface area (Å²) >= 11 is 1.52. The van der Waals surface area contributed by atoms with Crippen molar-refractivity contribution in [1.82, 2.24) is 4.98 Å². The van der Waals surface area contributed by atoms with Crippen LogP contribution in [0, 0.1) is 10.1 Å². The van der Waals surface area contributed by atoms with Crippen molar-refractivity contribution in [2.75, 3.05) is 0 Å². The number of nitrogens with zero attached hydrogens (tertiary/aromatic N) is 2. The first kappa shape index (κ1) is 12.5. The molecule has 0 saturated heterocycles. The summed E-state index contributed by atoms with van der Waals surface area (Å²) in [5.41, 5.74) is 1.83. The minimum Gasteiger partial charge on any atom is -0.258 e. The Bertz CT molecular complexity index is 794. The molecule has 0 radical (unpaired) electrons. The van der Waals surface area contributed by atoms with E-state index in [9.17, 15) is 10.1 Å². The number of hydrogen-bond acceptors (Lipinski definition) is 4. The van der Waals surface area contributed by atoms with Crippen molar-refractivity contribution in [3.05, 3.63) is 69.2 Å². The number of benzene rings is 2. The summed E-state index contributed by atoms with van der Waals surface area (Å²) < 4.78 is 0.948. The van der Waals surface area contributed by atoms with Gasteiger partial charge in [-0.05, 0) is 17.7 Å². The van der Waals surface area contributed by atoms with Gasteiger partial charge in [0.2, 0.25) is 0 Å². The van der Waals surface area contributed by atoms with Crippen LogP contribution in [0.1, 0.15) is 10.6 Å². The molecule has 5 heteroatoms. The Morgan fingerprint density at radius 1 is 1.10 bits per heavy atom. The third-order valence-corrected chi connectivity index (χ3v) is 3.82. The van der Waals surface area contributed by atoms with Crippen LogP contribution in [0.25, 0.3) is 22.4 Å². The zero-order valence-corrected chi connectivity index (χ0v) is 11.2. The molecular formula is C15H10N2O2S. The van der Waals surface area contributed by atoms with Gasteiger partial charge in [0.15, 0.2) is 0 Å². The highest BCUT2D eigenvalue weighted by Gasteiger charge is 2.08. The molecule has 0 aliphatic carbocycles. The number of hydrogen-bond donors (Lipinski definition) is 0. The molecule has 1 aromatic heterocycles. The zero-order valence-electron chi connectivity index (χ0n) is 10.4. The van der Waals surface area contributed by atoms with Crippen LogP contribution in [0.3, 0.4) is 0 Å². The van der Waals surface area contributed by atoms with E-state index < -0.39 is 4.92 Å². The third-order valence-electron chi connectivity index (χ3n) is 2.82. The normalized spacial score (nSPS) is 11.2. The van der Waals surface area contributed by atoms with Gasteiger partial charge in [0.25, 0.3) is 5.69 Å². The SMILES string of the molecule is O=[N+]([O-])c1ccc2sc(C=Cc3ccccc3)nc2c1. The van der Waals surface area contributed by atoms with Crippen molar-refractivity contribution in [3.8, 4) is 0 Å². The molecule has 0 fully saturated rings. The van der Waals surface area contributed by atoms with Gasteiger partial charge in [0, 0.05) is 12.1 Å². The summed E-state index contributed by atoms with van der Waals surface area (Å²) in [6, 6.07) is 14.7. The first-order valence-electron chi connectivity index (χ1n) is 6.00. The maximum atomic E-state index is 10.7. The number of nitro benzene ring substituents is 1. The molecule has 0 spiro atoms. The number of nitro groups is 1. The van der Waals surface area contributed by atoms with Crippen LogP contribution in [-0.4, -0.2) is 9.91 Å². The number of aromatic nitrogens is 1. The van der Waals surface area contributed by atoms with Crippen molar-refractivity contribution in [2.24, 2.45) is 0 Å². The molecule has 0 N–H and O–H groups in total. The predicted octanol–water partition coefficient (Wildman–Crippen LogP) is 4.37. The van der Waals surface area contributed by atoms with Gasteiger partial charge in [-0.1, -0.05) is 36.4 Å². The fraction of sp³-hybridized carbons (Fsp3) is 0. The van der Waals surface area contributed by atoms with Gasteiger partial charge in [0.1, 0.15) is 5.01 Å². The molecule has 20 heavy (non-hydrogen) atoms. The Balaban J connectivity index is 1.93. The fourth-order valence-corrected chi connectivity index (χ4v) is 2.70. The van der Waals surface area contributed by atoms with Crippen LogP contribution in [0.2, 0.25) is 0 Å². The second-order valence-electron chi connectivity index (χ2n) is 4.21. The Morgan fingerprint density at radius 3 is 2.65 bits per heavy atom. The average Bonchev–Trinajstić information content (AvgIpc) is 2.88. The molecule has 0 bridgehead atoms. The van der Waals surface area contributed by atoms with Crippen LogP contribution in [-0.2, 0) is 0 Å². The second-order valence-corrected chi connectivity index (χ2v) is 5.27. The highest BCUT2D eigenvalue weighted by molar-refractivity contribution is 7.19. The molecule has 3 rings (SSSR count). The van der Waals surface area contributed by atoms with E-state index in [1.807, 2.05) is 42.5 Å². The lowest BCUT2D eigenvalue weighted by Gasteiger charge is -1.89. The molecule has 0 unspecified atom stereocenters. The largest absolute Gasteiger partial charge is 0.271 e. The first-order chi connectivity index (χ1) is 9.72. The van der Waals surface area contributed by atoms with E-state index in [1.54, 1.807) is 6.07 Å². The fourth-order valence-electron chi connectivity index (χ4n) is 1.85. The van der Waals surface area contributed by atoms with Gasteiger partial charge in [-0.25, -0.2) is 4.98 Å². The number of non-ortho nitro benzene ring substituents is 1. The Labute approximate surface area is 119 Å². The lowest BCUT2D eigenvalue weighted by atomic mass is 10.2. The number of rotatable bonds is 3. The molecule has 4 nitrogen and oxygen atoms in total. The van der Waals surface area contributed by atoms with E-state index in [4.69, 9.17) is 0 Å². The summed E-state index contributed by atoms with van der Waals surface area (Å²) in [7, 11) is 0. The van der Waals surface area contributed by atoms with E-state index >= 15 is 0 Å². The topological polar surface area (TPSA) is 56.0 Å². The monoisotopic (exact) mass is 282 g/mol. The number of thiazole rings is 1. The second kappa shape index (κ2) is 5.22. The van der Waals surface area contributed by atoms with Gasteiger partial charge in [0.05, 0.1) is 15.1 Å². The van der Waals surface area contributed by atoms with Crippen LogP contribution in [0.15, 0.2) is 48.5 Å². The van der Waals surface area contributed by atoms with Crippen LogP contribution >= 0.6 is 11.3 Å². The summed E-state index contributed by atoms with van der Waals surface area (Å²) in [5.74, 6) is 0. The maximum absolute atomic E-state index is 10.7. The van der Waals surface area contributed by atoms with Gasteiger partial charge in [-0.15, -0.1) is 11.3 Å². The van der Waals surface area contributed by atoms with Crippen molar-refractivity contribution >= 4 is 39.4 Å². The van der Waals surface area contributed by atoms with Crippen LogP contribution in [0.4, 0.5) is 5.69 Å². The van der Waals surface area contributed by atoms with Gasteiger partial charge in [-0.3, -0.25) is 10.1 Å². The Morgan fingerprint density at radius 2 is 1.90 bits per heavy atom. The summed E-state index contributed by atoms with van der Waals surface area (Å²) in [6.07, 6.45) is 3.90. The van der Waals surface area contributed by atoms with E-state index in [-0.39, 0.29) is 5.69 Å². The van der Waals surface area contributed by atoms with E-state index in [0.717, 1.165) is 15.3 Å². The zero-order chi connectivity index (χ0) is 13.9. The summed E-state index contributed by atoms with van der Waals surface area (Å²) in [6.45, 7) is 0. The van der Waals surface area contributed by atoms with Gasteiger partial charge in [-0.2, -0.15) is 0 Å². The lowest BCUT2D eigenvalue weighted by molar-refractivity contribution is -0.384. The average molecular weight is 282 g/mol.